The number of hydrogen-bond donors (Lipinski definition) is 1. The van der Waals surface area contributed by atoms with E-state index in [-0.39, 0.29) is 18.6 Å². The summed E-state index contributed by atoms with van der Waals surface area (Å²) in [4.78, 5) is 11.1. The molecule has 0 amide bonds. The van der Waals surface area contributed by atoms with Crippen molar-refractivity contribution in [2.24, 2.45) is 0 Å². The Balaban J connectivity index is 1.72. The molecule has 2 rings (SSSR count). The summed E-state index contributed by atoms with van der Waals surface area (Å²) in [5.41, 5.74) is 1.23. The van der Waals surface area contributed by atoms with Crippen molar-refractivity contribution in [3.63, 3.8) is 0 Å². The van der Waals surface area contributed by atoms with Crippen molar-refractivity contribution in [3.8, 4) is 5.75 Å². The predicted molar refractivity (Wildman–Crippen MR) is 64.1 cm³/mol. The van der Waals surface area contributed by atoms with Gasteiger partial charge in [0, 0.05) is 13.0 Å². The molecular weight excluding hydrogens is 218 g/mol. The number of fused-ring (bicyclic) bond motifs is 1. The van der Waals surface area contributed by atoms with E-state index in [1.54, 1.807) is 6.92 Å². The van der Waals surface area contributed by atoms with Crippen LogP contribution in [0.15, 0.2) is 24.3 Å². The van der Waals surface area contributed by atoms with Crippen LogP contribution in [0.1, 0.15) is 12.5 Å². The highest BCUT2D eigenvalue weighted by molar-refractivity contribution is 5.71. The number of ether oxygens (including phenoxy) is 2. The fourth-order valence-corrected chi connectivity index (χ4v) is 1.92. The number of rotatable bonds is 5. The van der Waals surface area contributed by atoms with Gasteiger partial charge in [-0.15, -0.1) is 0 Å². The average Bonchev–Trinajstić information content (AvgIpc) is 2.71. The summed E-state index contributed by atoms with van der Waals surface area (Å²) >= 11 is 0. The van der Waals surface area contributed by atoms with Crippen molar-refractivity contribution < 1.29 is 14.3 Å². The fraction of sp³-hybridized carbons (Fsp3) is 0.462. The molecule has 1 heterocycles. The first-order chi connectivity index (χ1) is 8.29. The van der Waals surface area contributed by atoms with Crippen molar-refractivity contribution in [2.75, 3.05) is 19.7 Å². The molecule has 1 aliphatic rings. The van der Waals surface area contributed by atoms with Crippen LogP contribution in [-0.2, 0) is 16.0 Å². The molecule has 0 saturated carbocycles. The van der Waals surface area contributed by atoms with Gasteiger partial charge in [-0.05, 0) is 18.6 Å². The Labute approximate surface area is 101 Å². The minimum absolute atomic E-state index is 0.113. The normalized spacial score (nSPS) is 17.4. The molecular formula is C13H17NO3. The molecule has 17 heavy (non-hydrogen) atoms. The zero-order valence-electron chi connectivity index (χ0n) is 9.94. The van der Waals surface area contributed by atoms with Gasteiger partial charge in [-0.2, -0.15) is 0 Å². The van der Waals surface area contributed by atoms with Crippen LogP contribution in [0.3, 0.4) is 0 Å². The molecule has 0 bridgehead atoms. The van der Waals surface area contributed by atoms with E-state index in [0.717, 1.165) is 12.2 Å². The van der Waals surface area contributed by atoms with E-state index in [9.17, 15) is 4.79 Å². The van der Waals surface area contributed by atoms with Crippen molar-refractivity contribution >= 4 is 5.97 Å². The summed E-state index contributed by atoms with van der Waals surface area (Å²) in [7, 11) is 0. The van der Waals surface area contributed by atoms with Crippen LogP contribution in [0.25, 0.3) is 0 Å². The van der Waals surface area contributed by atoms with Crippen molar-refractivity contribution in [1.29, 1.82) is 0 Å². The van der Waals surface area contributed by atoms with Crippen LogP contribution in [-0.4, -0.2) is 31.8 Å². The highest BCUT2D eigenvalue weighted by Gasteiger charge is 2.21. The van der Waals surface area contributed by atoms with Crippen LogP contribution in [0.2, 0.25) is 0 Å². The third-order valence-electron chi connectivity index (χ3n) is 2.66. The van der Waals surface area contributed by atoms with Crippen LogP contribution in [0.4, 0.5) is 0 Å². The lowest BCUT2D eigenvalue weighted by Gasteiger charge is -2.11. The van der Waals surface area contributed by atoms with Crippen LogP contribution < -0.4 is 10.1 Å². The Morgan fingerprint density at radius 3 is 3.12 bits per heavy atom. The summed E-state index contributed by atoms with van der Waals surface area (Å²) in [5.74, 6) is 0.735. The molecule has 1 aromatic carbocycles. The van der Waals surface area contributed by atoms with Crippen LogP contribution in [0, 0.1) is 0 Å². The topological polar surface area (TPSA) is 47.6 Å². The monoisotopic (exact) mass is 235 g/mol. The molecule has 0 aromatic heterocycles. The highest BCUT2D eigenvalue weighted by Crippen LogP contribution is 2.27. The third kappa shape index (κ3) is 3.20. The van der Waals surface area contributed by atoms with E-state index >= 15 is 0 Å². The SMILES string of the molecule is CCOC(=O)CNCC1Cc2ccccc2O1. The average molecular weight is 235 g/mol. The van der Waals surface area contributed by atoms with Gasteiger partial charge in [-0.3, -0.25) is 4.79 Å². The first kappa shape index (κ1) is 11.9. The van der Waals surface area contributed by atoms with E-state index in [2.05, 4.69) is 11.4 Å². The van der Waals surface area contributed by atoms with Gasteiger partial charge in [0.25, 0.3) is 0 Å². The zero-order chi connectivity index (χ0) is 12.1. The molecule has 1 unspecified atom stereocenters. The number of benzene rings is 1. The molecule has 1 atom stereocenters. The number of carbonyl (C=O) groups excluding carboxylic acids is 1. The Kier molecular flexibility index (Phi) is 3.98. The van der Waals surface area contributed by atoms with E-state index in [1.807, 2.05) is 18.2 Å². The summed E-state index contributed by atoms with van der Waals surface area (Å²) in [6.07, 6.45) is 1.01. The quantitative estimate of drug-likeness (QED) is 0.778. The van der Waals surface area contributed by atoms with E-state index in [1.165, 1.54) is 5.56 Å². The predicted octanol–water partition coefficient (Wildman–Crippen LogP) is 1.14. The Morgan fingerprint density at radius 1 is 1.53 bits per heavy atom. The molecule has 4 nitrogen and oxygen atoms in total. The summed E-state index contributed by atoms with van der Waals surface area (Å²) < 4.78 is 10.6. The smallest absolute Gasteiger partial charge is 0.319 e. The number of carbonyl (C=O) groups is 1. The van der Waals surface area contributed by atoms with Gasteiger partial charge in [0.1, 0.15) is 11.9 Å². The maximum absolute atomic E-state index is 11.1. The molecule has 0 spiro atoms. The highest BCUT2D eigenvalue weighted by atomic mass is 16.5. The minimum Gasteiger partial charge on any atom is -0.488 e. The Hall–Kier alpha value is -1.55. The second-order valence-corrected chi connectivity index (χ2v) is 3.99. The molecule has 92 valence electrons. The third-order valence-corrected chi connectivity index (χ3v) is 2.66. The minimum atomic E-state index is -0.219. The maximum atomic E-state index is 11.1. The van der Waals surface area contributed by atoms with Gasteiger partial charge >= 0.3 is 5.97 Å². The molecule has 0 saturated heterocycles. The number of nitrogens with one attached hydrogen (secondary N) is 1. The van der Waals surface area contributed by atoms with Gasteiger partial charge < -0.3 is 14.8 Å². The lowest BCUT2D eigenvalue weighted by atomic mass is 10.1. The molecule has 0 radical (unpaired) electrons. The molecule has 1 aliphatic heterocycles. The van der Waals surface area contributed by atoms with E-state index < -0.39 is 0 Å². The van der Waals surface area contributed by atoms with Gasteiger partial charge in [0.05, 0.1) is 13.2 Å². The van der Waals surface area contributed by atoms with Gasteiger partial charge in [0.15, 0.2) is 0 Å². The zero-order valence-corrected chi connectivity index (χ0v) is 9.94. The first-order valence-corrected chi connectivity index (χ1v) is 5.90. The van der Waals surface area contributed by atoms with Crippen molar-refractivity contribution in [1.82, 2.24) is 5.32 Å². The van der Waals surface area contributed by atoms with Gasteiger partial charge in [0.2, 0.25) is 0 Å². The maximum Gasteiger partial charge on any atom is 0.319 e. The number of para-hydroxylation sites is 1. The summed E-state index contributed by atoms with van der Waals surface area (Å²) in [5, 5.41) is 3.05. The first-order valence-electron chi connectivity index (χ1n) is 5.90. The Bertz CT molecular complexity index is 367. The van der Waals surface area contributed by atoms with Crippen molar-refractivity contribution in [2.45, 2.75) is 19.4 Å². The van der Waals surface area contributed by atoms with E-state index in [0.29, 0.717) is 13.2 Å². The summed E-state index contributed by atoms with van der Waals surface area (Å²) in [6.45, 7) is 3.12. The number of hydrogen-bond acceptors (Lipinski definition) is 4. The second-order valence-electron chi connectivity index (χ2n) is 3.99. The van der Waals surface area contributed by atoms with Crippen LogP contribution >= 0.6 is 0 Å². The lowest BCUT2D eigenvalue weighted by molar-refractivity contribution is -0.142. The molecule has 1 aromatic rings. The van der Waals surface area contributed by atoms with Gasteiger partial charge in [-0.25, -0.2) is 0 Å². The fourth-order valence-electron chi connectivity index (χ4n) is 1.92. The molecule has 0 aliphatic carbocycles. The van der Waals surface area contributed by atoms with Crippen LogP contribution in [0.5, 0.6) is 5.75 Å². The lowest BCUT2D eigenvalue weighted by Crippen LogP contribution is -2.34. The summed E-state index contributed by atoms with van der Waals surface area (Å²) in [6, 6.07) is 8.02. The van der Waals surface area contributed by atoms with Crippen molar-refractivity contribution in [3.05, 3.63) is 29.8 Å². The van der Waals surface area contributed by atoms with E-state index in [4.69, 9.17) is 9.47 Å². The number of esters is 1. The molecule has 0 fully saturated rings. The molecule has 1 N–H and O–H groups in total. The molecule has 4 heteroatoms. The Morgan fingerprint density at radius 2 is 2.35 bits per heavy atom. The second kappa shape index (κ2) is 5.68. The largest absolute Gasteiger partial charge is 0.488 e. The van der Waals surface area contributed by atoms with Gasteiger partial charge in [-0.1, -0.05) is 18.2 Å². The standard InChI is InChI=1S/C13H17NO3/c1-2-16-13(15)9-14-8-11-7-10-5-3-4-6-12(10)17-11/h3-6,11,14H,2,7-9H2,1H3.